The van der Waals surface area contributed by atoms with E-state index in [1.54, 1.807) is 12.1 Å². The number of ether oxygens (including phenoxy) is 1. The molecule has 8 nitrogen and oxygen atoms in total. The number of carbonyl (C=O) groups is 4. The first-order valence-electron chi connectivity index (χ1n) is 8.74. The molecular weight excluding hydrogens is 374 g/mol. The van der Waals surface area contributed by atoms with Gasteiger partial charge in [0, 0.05) is 16.6 Å². The van der Waals surface area contributed by atoms with Crippen molar-refractivity contribution in [2.75, 3.05) is 13.2 Å². The molecule has 1 aromatic carbocycles. The quantitative estimate of drug-likeness (QED) is 0.635. The number of halogens is 1. The van der Waals surface area contributed by atoms with Crippen LogP contribution in [0.5, 0.6) is 0 Å². The van der Waals surface area contributed by atoms with E-state index < -0.39 is 37.0 Å². The summed E-state index contributed by atoms with van der Waals surface area (Å²) in [7, 11) is 0. The highest BCUT2D eigenvalue weighted by Gasteiger charge is 2.17. The summed E-state index contributed by atoms with van der Waals surface area (Å²) in [5.41, 5.74) is 0.337. The summed E-state index contributed by atoms with van der Waals surface area (Å²) in [6.45, 7) is -1.00. The molecule has 0 unspecified atom stereocenters. The second kappa shape index (κ2) is 10.5. The smallest absolute Gasteiger partial charge is 0.325 e. The Morgan fingerprint density at radius 1 is 1.04 bits per heavy atom. The summed E-state index contributed by atoms with van der Waals surface area (Å²) >= 11 is 5.73. The van der Waals surface area contributed by atoms with Crippen molar-refractivity contribution in [3.63, 3.8) is 0 Å². The van der Waals surface area contributed by atoms with Crippen molar-refractivity contribution in [3.8, 4) is 0 Å². The summed E-state index contributed by atoms with van der Waals surface area (Å²) < 4.78 is 4.73. The van der Waals surface area contributed by atoms with E-state index in [0.29, 0.717) is 10.6 Å². The van der Waals surface area contributed by atoms with Crippen molar-refractivity contribution in [1.29, 1.82) is 0 Å². The number of benzene rings is 1. The second-order valence-corrected chi connectivity index (χ2v) is 6.64. The van der Waals surface area contributed by atoms with E-state index in [1.807, 2.05) is 0 Å². The summed E-state index contributed by atoms with van der Waals surface area (Å²) in [4.78, 5) is 46.8. The summed E-state index contributed by atoms with van der Waals surface area (Å²) in [5, 5.41) is 7.69. The van der Waals surface area contributed by atoms with E-state index in [1.165, 1.54) is 12.1 Å². The highest BCUT2D eigenvalue weighted by atomic mass is 35.5. The highest BCUT2D eigenvalue weighted by Crippen LogP contribution is 2.17. The molecule has 0 saturated heterocycles. The highest BCUT2D eigenvalue weighted by molar-refractivity contribution is 6.30. The van der Waals surface area contributed by atoms with Gasteiger partial charge in [-0.2, -0.15) is 0 Å². The number of imide groups is 1. The predicted octanol–water partition coefficient (Wildman–Crippen LogP) is 1.77. The molecule has 0 spiro atoms. The molecule has 27 heavy (non-hydrogen) atoms. The van der Waals surface area contributed by atoms with Gasteiger partial charge in [0.1, 0.15) is 6.54 Å². The van der Waals surface area contributed by atoms with Gasteiger partial charge in [-0.25, -0.2) is 4.79 Å². The first kappa shape index (κ1) is 20.7. The van der Waals surface area contributed by atoms with Gasteiger partial charge in [0.25, 0.3) is 11.8 Å². The number of carbonyl (C=O) groups excluding carboxylic acids is 4. The minimum atomic E-state index is -0.792. The van der Waals surface area contributed by atoms with E-state index >= 15 is 0 Å². The molecule has 0 radical (unpaired) electrons. The van der Waals surface area contributed by atoms with Crippen molar-refractivity contribution in [1.82, 2.24) is 16.0 Å². The van der Waals surface area contributed by atoms with Crippen molar-refractivity contribution < 1.29 is 23.9 Å². The van der Waals surface area contributed by atoms with Crippen LogP contribution in [0.1, 0.15) is 42.5 Å². The SMILES string of the molecule is O=C(COC(=O)CNC(=O)c1ccc(Cl)cc1)NC(=O)NC1CCCCC1. The molecule has 1 saturated carbocycles. The number of rotatable bonds is 6. The fourth-order valence-electron chi connectivity index (χ4n) is 2.68. The van der Waals surface area contributed by atoms with E-state index in [0.717, 1.165) is 32.1 Å². The van der Waals surface area contributed by atoms with Gasteiger partial charge < -0.3 is 15.4 Å². The van der Waals surface area contributed by atoms with Crippen LogP contribution in [0.25, 0.3) is 0 Å². The summed E-state index contributed by atoms with van der Waals surface area (Å²) in [5.74, 6) is -2.00. The Bertz CT molecular complexity index is 687. The Morgan fingerprint density at radius 3 is 2.37 bits per heavy atom. The topological polar surface area (TPSA) is 114 Å². The molecule has 146 valence electrons. The summed E-state index contributed by atoms with van der Waals surface area (Å²) in [6, 6.07) is 5.61. The fourth-order valence-corrected chi connectivity index (χ4v) is 2.81. The Kier molecular flexibility index (Phi) is 8.06. The Labute approximate surface area is 162 Å². The average molecular weight is 396 g/mol. The van der Waals surface area contributed by atoms with Crippen molar-refractivity contribution in [3.05, 3.63) is 34.9 Å². The van der Waals surface area contributed by atoms with Gasteiger partial charge in [0.05, 0.1) is 0 Å². The van der Waals surface area contributed by atoms with Gasteiger partial charge in [-0.1, -0.05) is 30.9 Å². The zero-order valence-corrected chi connectivity index (χ0v) is 15.5. The number of hydrogen-bond donors (Lipinski definition) is 3. The molecule has 4 amide bonds. The van der Waals surface area contributed by atoms with Crippen LogP contribution in [-0.4, -0.2) is 43.0 Å². The summed E-state index contributed by atoms with van der Waals surface area (Å²) in [6.07, 6.45) is 5.05. The molecule has 0 atom stereocenters. The molecule has 1 aromatic rings. The molecular formula is C18H22ClN3O5. The van der Waals surface area contributed by atoms with Crippen LogP contribution in [0, 0.1) is 0 Å². The van der Waals surface area contributed by atoms with E-state index in [4.69, 9.17) is 16.3 Å². The molecule has 9 heteroatoms. The van der Waals surface area contributed by atoms with Gasteiger partial charge in [-0.3, -0.25) is 19.7 Å². The van der Waals surface area contributed by atoms with Crippen LogP contribution < -0.4 is 16.0 Å². The lowest BCUT2D eigenvalue weighted by atomic mass is 9.96. The lowest BCUT2D eigenvalue weighted by Gasteiger charge is -2.22. The zero-order valence-electron chi connectivity index (χ0n) is 14.8. The first-order chi connectivity index (χ1) is 12.9. The average Bonchev–Trinajstić information content (AvgIpc) is 2.65. The third-order valence-electron chi connectivity index (χ3n) is 4.06. The van der Waals surface area contributed by atoms with E-state index in [2.05, 4.69) is 16.0 Å². The van der Waals surface area contributed by atoms with Crippen LogP contribution in [0.3, 0.4) is 0 Å². The van der Waals surface area contributed by atoms with Crippen LogP contribution in [0.2, 0.25) is 5.02 Å². The minimum absolute atomic E-state index is 0.0668. The van der Waals surface area contributed by atoms with Gasteiger partial charge in [-0.05, 0) is 37.1 Å². The predicted molar refractivity (Wildman–Crippen MR) is 98.3 cm³/mol. The third-order valence-corrected chi connectivity index (χ3v) is 4.31. The molecule has 0 bridgehead atoms. The van der Waals surface area contributed by atoms with Crippen LogP contribution in [-0.2, 0) is 14.3 Å². The molecule has 0 heterocycles. The Morgan fingerprint density at radius 2 is 1.70 bits per heavy atom. The second-order valence-electron chi connectivity index (χ2n) is 6.21. The Balaban J connectivity index is 1.62. The van der Waals surface area contributed by atoms with Crippen molar-refractivity contribution in [2.45, 2.75) is 38.1 Å². The molecule has 1 aliphatic rings. The maximum absolute atomic E-state index is 11.8. The molecule has 1 fully saturated rings. The largest absolute Gasteiger partial charge is 0.454 e. The maximum Gasteiger partial charge on any atom is 0.325 e. The first-order valence-corrected chi connectivity index (χ1v) is 9.11. The van der Waals surface area contributed by atoms with Gasteiger partial charge in [0.15, 0.2) is 6.61 Å². The van der Waals surface area contributed by atoms with Gasteiger partial charge in [-0.15, -0.1) is 0 Å². The van der Waals surface area contributed by atoms with Gasteiger partial charge in [0.2, 0.25) is 0 Å². The van der Waals surface area contributed by atoms with Crippen molar-refractivity contribution in [2.24, 2.45) is 0 Å². The van der Waals surface area contributed by atoms with E-state index in [-0.39, 0.29) is 6.04 Å². The molecule has 3 N–H and O–H groups in total. The zero-order chi connectivity index (χ0) is 19.6. The molecule has 0 aromatic heterocycles. The van der Waals surface area contributed by atoms with Crippen LogP contribution in [0.4, 0.5) is 4.79 Å². The van der Waals surface area contributed by atoms with E-state index in [9.17, 15) is 19.2 Å². The number of urea groups is 1. The van der Waals surface area contributed by atoms with Crippen LogP contribution >= 0.6 is 11.6 Å². The lowest BCUT2D eigenvalue weighted by molar-refractivity contribution is -0.147. The van der Waals surface area contributed by atoms with Gasteiger partial charge >= 0.3 is 12.0 Å². The minimum Gasteiger partial charge on any atom is -0.454 e. The van der Waals surface area contributed by atoms with Crippen molar-refractivity contribution >= 4 is 35.4 Å². The monoisotopic (exact) mass is 395 g/mol. The van der Waals surface area contributed by atoms with Crippen LogP contribution in [0.15, 0.2) is 24.3 Å². The maximum atomic E-state index is 11.8. The number of esters is 1. The number of hydrogen-bond acceptors (Lipinski definition) is 5. The lowest BCUT2D eigenvalue weighted by Crippen LogP contribution is -2.46. The molecule has 2 rings (SSSR count). The number of amides is 4. The fraction of sp³-hybridized carbons (Fsp3) is 0.444. The molecule has 1 aliphatic carbocycles. The standard InChI is InChI=1S/C18H22ClN3O5/c19-13-8-6-12(7-9-13)17(25)20-10-16(24)27-11-15(23)22-18(26)21-14-4-2-1-3-5-14/h6-9,14H,1-5,10-11H2,(H,20,25)(H2,21,22,23,26). The normalized spacial score (nSPS) is 14.1. The third kappa shape index (κ3) is 7.65. The molecule has 0 aliphatic heterocycles. The number of nitrogens with one attached hydrogen (secondary N) is 3. The Hall–Kier alpha value is -2.61.